The van der Waals surface area contributed by atoms with E-state index in [-0.39, 0.29) is 11.4 Å². The summed E-state index contributed by atoms with van der Waals surface area (Å²) in [6.45, 7) is 0. The minimum Gasteiger partial charge on any atom is -0.476 e. The van der Waals surface area contributed by atoms with Crippen molar-refractivity contribution in [3.05, 3.63) is 24.0 Å². The number of pyridine rings is 1. The predicted octanol–water partition coefficient (Wildman–Crippen LogP) is 0.684. The number of carboxylic acids is 1. The number of nitrogens with zero attached hydrogens (tertiary/aromatic N) is 1. The van der Waals surface area contributed by atoms with Gasteiger partial charge in [0.1, 0.15) is 0 Å². The first-order valence-corrected chi connectivity index (χ1v) is 6.25. The molecule has 0 saturated heterocycles. The number of sulfonamides is 1. The molecule has 16 heavy (non-hydrogen) atoms. The van der Waals surface area contributed by atoms with Gasteiger partial charge in [0.2, 0.25) is 10.0 Å². The molecule has 0 amide bonds. The van der Waals surface area contributed by atoms with Gasteiger partial charge in [-0.15, -0.1) is 0 Å². The Morgan fingerprint density at radius 2 is 2.19 bits per heavy atom. The second-order valence-electron chi connectivity index (χ2n) is 3.55. The molecule has 1 aromatic heterocycles. The number of aromatic nitrogens is 1. The third-order valence-corrected chi connectivity index (χ3v) is 4.08. The Labute approximate surface area is 92.4 Å². The Morgan fingerprint density at radius 1 is 1.50 bits per heavy atom. The number of aromatic carboxylic acids is 1. The van der Waals surface area contributed by atoms with Crippen molar-refractivity contribution in [1.82, 2.24) is 4.98 Å². The lowest BCUT2D eigenvalue weighted by atomic mass is 10.3. The molecular weight excluding hydrogens is 232 g/mol. The zero-order valence-corrected chi connectivity index (χ0v) is 9.07. The first kappa shape index (κ1) is 10.9. The number of carbonyl (C=O) groups is 1. The second-order valence-corrected chi connectivity index (χ2v) is 5.51. The van der Waals surface area contributed by atoms with Gasteiger partial charge < -0.3 is 5.11 Å². The molecule has 7 heteroatoms. The monoisotopic (exact) mass is 242 g/mol. The SMILES string of the molecule is O=C(O)c1ncccc1NS(=O)(=O)C1CC1. The van der Waals surface area contributed by atoms with Crippen LogP contribution in [0.5, 0.6) is 0 Å². The van der Waals surface area contributed by atoms with Crippen LogP contribution in [0.2, 0.25) is 0 Å². The van der Waals surface area contributed by atoms with Crippen LogP contribution in [0, 0.1) is 0 Å². The largest absolute Gasteiger partial charge is 0.476 e. The van der Waals surface area contributed by atoms with Gasteiger partial charge in [-0.1, -0.05) is 0 Å². The van der Waals surface area contributed by atoms with Crippen LogP contribution in [0.1, 0.15) is 23.3 Å². The summed E-state index contributed by atoms with van der Waals surface area (Å²) in [6.07, 6.45) is 2.55. The van der Waals surface area contributed by atoms with Crippen molar-refractivity contribution in [3.63, 3.8) is 0 Å². The maximum absolute atomic E-state index is 11.6. The second kappa shape index (κ2) is 3.75. The van der Waals surface area contributed by atoms with Gasteiger partial charge in [0, 0.05) is 6.20 Å². The molecule has 0 aliphatic heterocycles. The molecule has 0 atom stereocenters. The van der Waals surface area contributed by atoms with Gasteiger partial charge in [0.15, 0.2) is 5.69 Å². The van der Waals surface area contributed by atoms with Crippen molar-refractivity contribution in [1.29, 1.82) is 0 Å². The molecule has 1 fully saturated rings. The minimum atomic E-state index is -3.45. The molecule has 0 aromatic carbocycles. The van der Waals surface area contributed by atoms with E-state index >= 15 is 0 Å². The maximum atomic E-state index is 11.6. The average Bonchev–Trinajstić information content (AvgIpc) is 3.00. The zero-order valence-electron chi connectivity index (χ0n) is 8.25. The molecular formula is C9H10N2O4S. The van der Waals surface area contributed by atoms with E-state index in [0.29, 0.717) is 12.8 Å². The summed E-state index contributed by atoms with van der Waals surface area (Å²) in [6, 6.07) is 2.87. The molecule has 0 unspecified atom stereocenters. The van der Waals surface area contributed by atoms with Crippen molar-refractivity contribution in [2.75, 3.05) is 4.72 Å². The van der Waals surface area contributed by atoms with Gasteiger partial charge in [-0.2, -0.15) is 0 Å². The highest BCUT2D eigenvalue weighted by atomic mass is 32.2. The standard InChI is InChI=1S/C9H10N2O4S/c12-9(13)8-7(2-1-5-10-8)11-16(14,15)6-3-4-6/h1-2,5-6,11H,3-4H2,(H,12,13). The molecule has 2 N–H and O–H groups in total. The van der Waals surface area contributed by atoms with E-state index in [0.717, 1.165) is 0 Å². The Hall–Kier alpha value is -1.63. The molecule has 1 aliphatic rings. The molecule has 0 radical (unpaired) electrons. The van der Waals surface area contributed by atoms with E-state index < -0.39 is 21.2 Å². The number of carboxylic acid groups (broad SMARTS) is 1. The molecule has 0 bridgehead atoms. The highest BCUT2D eigenvalue weighted by Crippen LogP contribution is 2.30. The van der Waals surface area contributed by atoms with Crippen LogP contribution in [0.25, 0.3) is 0 Å². The van der Waals surface area contributed by atoms with E-state index in [1.54, 1.807) is 0 Å². The van der Waals surface area contributed by atoms with Gasteiger partial charge >= 0.3 is 5.97 Å². The summed E-state index contributed by atoms with van der Waals surface area (Å²) in [5.41, 5.74) is -0.270. The van der Waals surface area contributed by atoms with Crippen LogP contribution < -0.4 is 4.72 Å². The van der Waals surface area contributed by atoms with Crippen LogP contribution >= 0.6 is 0 Å². The Bertz CT molecular complexity index is 522. The average molecular weight is 242 g/mol. The van der Waals surface area contributed by atoms with Gasteiger partial charge in [-0.25, -0.2) is 18.2 Å². The van der Waals surface area contributed by atoms with Gasteiger partial charge in [-0.05, 0) is 25.0 Å². The predicted molar refractivity (Wildman–Crippen MR) is 56.8 cm³/mol. The van der Waals surface area contributed by atoms with E-state index in [2.05, 4.69) is 9.71 Å². The molecule has 6 nitrogen and oxygen atoms in total. The highest BCUT2D eigenvalue weighted by molar-refractivity contribution is 7.93. The minimum absolute atomic E-state index is 0.0156. The normalized spacial score (nSPS) is 15.8. The fraction of sp³-hybridized carbons (Fsp3) is 0.333. The molecule has 86 valence electrons. The third-order valence-electron chi connectivity index (χ3n) is 2.23. The number of nitrogens with one attached hydrogen (secondary N) is 1. The fourth-order valence-electron chi connectivity index (χ4n) is 1.27. The summed E-state index contributed by atoms with van der Waals surface area (Å²) >= 11 is 0. The number of anilines is 1. The van der Waals surface area contributed by atoms with Crippen LogP contribution in [-0.2, 0) is 10.0 Å². The van der Waals surface area contributed by atoms with Crippen molar-refractivity contribution < 1.29 is 18.3 Å². The number of hydrogen-bond donors (Lipinski definition) is 2. The zero-order chi connectivity index (χ0) is 11.8. The van der Waals surface area contributed by atoms with Crippen LogP contribution in [0.15, 0.2) is 18.3 Å². The van der Waals surface area contributed by atoms with Crippen LogP contribution in [0.4, 0.5) is 5.69 Å². The number of rotatable bonds is 4. The molecule has 1 aliphatic carbocycles. The molecule has 1 saturated carbocycles. The lowest BCUT2D eigenvalue weighted by Crippen LogP contribution is -2.19. The van der Waals surface area contributed by atoms with Gasteiger partial charge in [-0.3, -0.25) is 4.72 Å². The smallest absolute Gasteiger partial charge is 0.356 e. The highest BCUT2D eigenvalue weighted by Gasteiger charge is 2.36. The Balaban J connectivity index is 2.30. The summed E-state index contributed by atoms with van der Waals surface area (Å²) < 4.78 is 25.5. The van der Waals surface area contributed by atoms with E-state index in [1.807, 2.05) is 0 Å². The van der Waals surface area contributed by atoms with Gasteiger partial charge in [0.05, 0.1) is 10.9 Å². The first-order valence-electron chi connectivity index (χ1n) is 4.70. The van der Waals surface area contributed by atoms with Crippen LogP contribution in [-0.4, -0.2) is 29.7 Å². The van der Waals surface area contributed by atoms with Gasteiger partial charge in [0.25, 0.3) is 0 Å². The lowest BCUT2D eigenvalue weighted by molar-refractivity contribution is 0.0692. The quantitative estimate of drug-likeness (QED) is 0.809. The molecule has 1 heterocycles. The van der Waals surface area contributed by atoms with E-state index in [1.165, 1.54) is 18.3 Å². The molecule has 1 aromatic rings. The maximum Gasteiger partial charge on any atom is 0.356 e. The topological polar surface area (TPSA) is 96.4 Å². The summed E-state index contributed by atoms with van der Waals surface area (Å²) in [5, 5.41) is 8.43. The fourth-order valence-corrected chi connectivity index (χ4v) is 2.67. The summed E-state index contributed by atoms with van der Waals surface area (Å²) in [7, 11) is -3.45. The molecule has 0 spiro atoms. The Kier molecular flexibility index (Phi) is 2.55. The van der Waals surface area contributed by atoms with E-state index in [4.69, 9.17) is 5.11 Å². The Morgan fingerprint density at radius 3 is 2.75 bits per heavy atom. The number of hydrogen-bond acceptors (Lipinski definition) is 4. The summed E-state index contributed by atoms with van der Waals surface area (Å²) in [5.74, 6) is -1.26. The van der Waals surface area contributed by atoms with Crippen LogP contribution in [0.3, 0.4) is 0 Å². The van der Waals surface area contributed by atoms with Crippen molar-refractivity contribution >= 4 is 21.7 Å². The van der Waals surface area contributed by atoms with Crippen molar-refractivity contribution in [2.24, 2.45) is 0 Å². The van der Waals surface area contributed by atoms with Crippen molar-refractivity contribution in [3.8, 4) is 0 Å². The molecule has 2 rings (SSSR count). The third kappa shape index (κ3) is 2.13. The lowest BCUT2D eigenvalue weighted by Gasteiger charge is -2.08. The summed E-state index contributed by atoms with van der Waals surface area (Å²) in [4.78, 5) is 14.4. The first-order chi connectivity index (χ1) is 7.50. The van der Waals surface area contributed by atoms with E-state index in [9.17, 15) is 13.2 Å². The van der Waals surface area contributed by atoms with Crippen molar-refractivity contribution in [2.45, 2.75) is 18.1 Å².